The summed E-state index contributed by atoms with van der Waals surface area (Å²) in [6.45, 7) is 4.62. The largest absolute Gasteiger partial charge is 0.351 e. The normalized spacial score (nSPS) is 10.4. The number of hydrogen-bond donors (Lipinski definition) is 2. The molecule has 0 saturated heterocycles. The van der Waals surface area contributed by atoms with Crippen LogP contribution in [0.1, 0.15) is 46.7 Å². The number of hydrogen-bond acceptors (Lipinski definition) is 3. The summed E-state index contributed by atoms with van der Waals surface area (Å²) < 4.78 is 1.46. The Hall–Kier alpha value is -2.63. The fourth-order valence-corrected chi connectivity index (χ4v) is 2.21. The van der Waals surface area contributed by atoms with Crippen molar-refractivity contribution in [3.05, 3.63) is 47.3 Å². The van der Waals surface area contributed by atoms with Gasteiger partial charge in [-0.3, -0.25) is 14.3 Å². The first-order valence-corrected chi connectivity index (χ1v) is 7.77. The number of amides is 2. The number of carbonyl (C=O) groups excluding carboxylic acids is 2. The smallest absolute Gasteiger partial charge is 0.271 e. The summed E-state index contributed by atoms with van der Waals surface area (Å²) in [7, 11) is 1.67. The molecule has 2 rings (SSSR count). The SMILES string of the molecule is CCCNC(=O)c1c(NC(=O)c2ccc(CC)cc2)cnn1C. The van der Waals surface area contributed by atoms with Crippen molar-refractivity contribution < 1.29 is 9.59 Å². The molecule has 2 N–H and O–H groups in total. The number of rotatable bonds is 6. The fraction of sp³-hybridized carbons (Fsp3) is 0.353. The number of nitrogens with zero attached hydrogens (tertiary/aromatic N) is 2. The Morgan fingerprint density at radius 2 is 1.83 bits per heavy atom. The maximum Gasteiger partial charge on any atom is 0.271 e. The molecule has 23 heavy (non-hydrogen) atoms. The van der Waals surface area contributed by atoms with Crippen LogP contribution in [0.4, 0.5) is 5.69 Å². The average Bonchev–Trinajstić information content (AvgIpc) is 2.93. The van der Waals surface area contributed by atoms with Gasteiger partial charge in [-0.05, 0) is 30.5 Å². The van der Waals surface area contributed by atoms with Crippen LogP contribution in [0.2, 0.25) is 0 Å². The topological polar surface area (TPSA) is 76.0 Å². The predicted molar refractivity (Wildman–Crippen MR) is 89.6 cm³/mol. The van der Waals surface area contributed by atoms with Crippen LogP contribution in [0.3, 0.4) is 0 Å². The van der Waals surface area contributed by atoms with E-state index in [1.165, 1.54) is 16.4 Å². The van der Waals surface area contributed by atoms with Crippen LogP contribution in [0.25, 0.3) is 0 Å². The summed E-state index contributed by atoms with van der Waals surface area (Å²) in [5.41, 5.74) is 2.47. The molecule has 1 aromatic heterocycles. The molecular formula is C17H22N4O2. The van der Waals surface area contributed by atoms with Crippen LogP contribution < -0.4 is 10.6 Å². The van der Waals surface area contributed by atoms with E-state index in [-0.39, 0.29) is 11.8 Å². The van der Waals surface area contributed by atoms with Gasteiger partial charge < -0.3 is 10.6 Å². The van der Waals surface area contributed by atoms with E-state index in [2.05, 4.69) is 22.7 Å². The molecule has 1 aromatic carbocycles. The second-order valence-corrected chi connectivity index (χ2v) is 5.29. The Balaban J connectivity index is 2.16. The predicted octanol–water partition coefficient (Wildman–Crippen LogP) is 2.37. The van der Waals surface area contributed by atoms with Crippen molar-refractivity contribution in [3.63, 3.8) is 0 Å². The van der Waals surface area contributed by atoms with E-state index in [1.54, 1.807) is 19.2 Å². The van der Waals surface area contributed by atoms with Gasteiger partial charge in [0, 0.05) is 19.2 Å². The van der Waals surface area contributed by atoms with Gasteiger partial charge in [0.25, 0.3) is 11.8 Å². The summed E-state index contributed by atoms with van der Waals surface area (Å²) in [6.07, 6.45) is 3.25. The highest BCUT2D eigenvalue weighted by Gasteiger charge is 2.18. The van der Waals surface area contributed by atoms with Gasteiger partial charge in [0.1, 0.15) is 5.69 Å². The molecular weight excluding hydrogens is 292 g/mol. The summed E-state index contributed by atoms with van der Waals surface area (Å²) in [5, 5.41) is 9.61. The van der Waals surface area contributed by atoms with Gasteiger partial charge in [-0.1, -0.05) is 26.0 Å². The highest BCUT2D eigenvalue weighted by molar-refractivity contribution is 6.08. The maximum absolute atomic E-state index is 12.3. The molecule has 2 aromatic rings. The lowest BCUT2D eigenvalue weighted by Gasteiger charge is -2.08. The third-order valence-corrected chi connectivity index (χ3v) is 3.56. The first kappa shape index (κ1) is 16.7. The van der Waals surface area contributed by atoms with Crippen molar-refractivity contribution >= 4 is 17.5 Å². The van der Waals surface area contributed by atoms with Crippen molar-refractivity contribution in [2.45, 2.75) is 26.7 Å². The van der Waals surface area contributed by atoms with Crippen LogP contribution in [0, 0.1) is 0 Å². The Labute approximate surface area is 135 Å². The lowest BCUT2D eigenvalue weighted by molar-refractivity contribution is 0.0945. The summed E-state index contributed by atoms with van der Waals surface area (Å²) in [5.74, 6) is -0.506. The lowest BCUT2D eigenvalue weighted by Crippen LogP contribution is -2.27. The Morgan fingerprint density at radius 3 is 2.43 bits per heavy atom. The number of nitrogens with one attached hydrogen (secondary N) is 2. The molecule has 0 aliphatic rings. The summed E-state index contributed by atoms with van der Waals surface area (Å²) >= 11 is 0. The number of aromatic nitrogens is 2. The highest BCUT2D eigenvalue weighted by Crippen LogP contribution is 2.16. The molecule has 0 saturated carbocycles. The van der Waals surface area contributed by atoms with Crippen molar-refractivity contribution in [1.29, 1.82) is 0 Å². The van der Waals surface area contributed by atoms with Crippen molar-refractivity contribution in [3.8, 4) is 0 Å². The van der Waals surface area contributed by atoms with Gasteiger partial charge >= 0.3 is 0 Å². The highest BCUT2D eigenvalue weighted by atomic mass is 16.2. The first-order valence-electron chi connectivity index (χ1n) is 7.77. The quantitative estimate of drug-likeness (QED) is 0.859. The Kier molecular flexibility index (Phi) is 5.51. The van der Waals surface area contributed by atoms with E-state index in [0.717, 1.165) is 12.8 Å². The zero-order chi connectivity index (χ0) is 16.8. The monoisotopic (exact) mass is 314 g/mol. The molecule has 0 radical (unpaired) electrons. The molecule has 0 aliphatic carbocycles. The minimum Gasteiger partial charge on any atom is -0.351 e. The second kappa shape index (κ2) is 7.58. The maximum atomic E-state index is 12.3. The number of benzene rings is 1. The van der Waals surface area contributed by atoms with Crippen molar-refractivity contribution in [2.75, 3.05) is 11.9 Å². The molecule has 6 nitrogen and oxygen atoms in total. The van der Waals surface area contributed by atoms with Crippen molar-refractivity contribution in [1.82, 2.24) is 15.1 Å². The van der Waals surface area contributed by atoms with Gasteiger partial charge in [-0.25, -0.2) is 0 Å². The van der Waals surface area contributed by atoms with Gasteiger partial charge in [0.05, 0.1) is 11.9 Å². The van der Waals surface area contributed by atoms with E-state index in [1.807, 2.05) is 19.1 Å². The van der Waals surface area contributed by atoms with Crippen LogP contribution in [0.5, 0.6) is 0 Å². The van der Waals surface area contributed by atoms with Crippen LogP contribution in [-0.2, 0) is 13.5 Å². The van der Waals surface area contributed by atoms with Crippen LogP contribution in [-0.4, -0.2) is 28.1 Å². The second-order valence-electron chi connectivity index (χ2n) is 5.29. The lowest BCUT2D eigenvalue weighted by atomic mass is 10.1. The zero-order valence-electron chi connectivity index (χ0n) is 13.7. The molecule has 2 amide bonds. The van der Waals surface area contributed by atoms with Gasteiger partial charge in [0.2, 0.25) is 0 Å². The summed E-state index contributed by atoms with van der Waals surface area (Å²) in [6, 6.07) is 7.41. The Bertz CT molecular complexity index is 689. The third-order valence-electron chi connectivity index (χ3n) is 3.56. The van der Waals surface area contributed by atoms with E-state index in [0.29, 0.717) is 23.5 Å². The molecule has 0 fully saturated rings. The van der Waals surface area contributed by atoms with Crippen LogP contribution >= 0.6 is 0 Å². The number of anilines is 1. The summed E-state index contributed by atoms with van der Waals surface area (Å²) in [4.78, 5) is 24.5. The van der Waals surface area contributed by atoms with Crippen LogP contribution in [0.15, 0.2) is 30.5 Å². The standard InChI is InChI=1S/C17H22N4O2/c1-4-10-18-17(23)15-14(11-19-21(15)3)20-16(22)13-8-6-12(5-2)7-9-13/h6-9,11H,4-5,10H2,1-3H3,(H,18,23)(H,20,22). The van der Waals surface area contributed by atoms with Gasteiger partial charge in [-0.2, -0.15) is 5.10 Å². The molecule has 1 heterocycles. The average molecular weight is 314 g/mol. The molecule has 0 aliphatic heterocycles. The van der Waals surface area contributed by atoms with E-state index >= 15 is 0 Å². The van der Waals surface area contributed by atoms with Gasteiger partial charge in [0.15, 0.2) is 0 Å². The van der Waals surface area contributed by atoms with Gasteiger partial charge in [-0.15, -0.1) is 0 Å². The minimum atomic E-state index is -0.259. The minimum absolute atomic E-state index is 0.247. The van der Waals surface area contributed by atoms with E-state index < -0.39 is 0 Å². The first-order chi connectivity index (χ1) is 11.1. The molecule has 0 atom stereocenters. The molecule has 0 spiro atoms. The fourth-order valence-electron chi connectivity index (χ4n) is 2.21. The molecule has 122 valence electrons. The van der Waals surface area contributed by atoms with E-state index in [9.17, 15) is 9.59 Å². The van der Waals surface area contributed by atoms with Crippen molar-refractivity contribution in [2.24, 2.45) is 7.05 Å². The molecule has 0 unspecified atom stereocenters. The number of aryl methyl sites for hydroxylation is 2. The Morgan fingerprint density at radius 1 is 1.13 bits per heavy atom. The third kappa shape index (κ3) is 3.97. The molecule has 0 bridgehead atoms. The zero-order valence-corrected chi connectivity index (χ0v) is 13.7. The molecule has 6 heteroatoms. The number of carbonyl (C=O) groups is 2. The van der Waals surface area contributed by atoms with E-state index in [4.69, 9.17) is 0 Å².